The molecular formula is C16H17N3O3S. The molecule has 0 spiro atoms. The fourth-order valence-corrected chi connectivity index (χ4v) is 3.53. The van der Waals surface area contributed by atoms with Crippen molar-refractivity contribution in [3.63, 3.8) is 0 Å². The van der Waals surface area contributed by atoms with E-state index in [1.54, 1.807) is 6.07 Å². The van der Waals surface area contributed by atoms with Gasteiger partial charge in [0.05, 0.1) is 6.10 Å². The first-order chi connectivity index (χ1) is 11.0. The summed E-state index contributed by atoms with van der Waals surface area (Å²) in [4.78, 5) is 3.87. The van der Waals surface area contributed by atoms with Gasteiger partial charge in [-0.25, -0.2) is 13.1 Å². The van der Waals surface area contributed by atoms with Gasteiger partial charge >= 0.3 is 0 Å². The molecule has 0 saturated carbocycles. The molecule has 3 aromatic rings. The molecule has 0 amide bonds. The lowest BCUT2D eigenvalue weighted by Gasteiger charge is -2.11. The number of hydrogen-bond donors (Lipinski definition) is 2. The van der Waals surface area contributed by atoms with Gasteiger partial charge in [-0.3, -0.25) is 4.98 Å². The Kier molecular flexibility index (Phi) is 4.16. The van der Waals surface area contributed by atoms with Crippen LogP contribution >= 0.6 is 0 Å². The third-order valence-electron chi connectivity index (χ3n) is 3.70. The lowest BCUT2D eigenvalue weighted by atomic mass is 10.1. The average molecular weight is 331 g/mol. The van der Waals surface area contributed by atoms with E-state index in [1.807, 2.05) is 42.1 Å². The Labute approximate surface area is 134 Å². The number of pyridine rings is 1. The molecule has 0 radical (unpaired) electrons. The standard InChI is InChI=1S/C16H17N3O3S/c1-19-11-14(13-6-2-3-7-15(13)19)16(20)10-18-23(21,22)12-5-4-8-17-9-12/h2-9,11,16,18,20H,10H2,1H3. The quantitative estimate of drug-likeness (QED) is 0.743. The molecule has 2 N–H and O–H groups in total. The van der Waals surface area contributed by atoms with E-state index < -0.39 is 16.1 Å². The minimum atomic E-state index is -3.69. The van der Waals surface area contributed by atoms with Gasteiger partial charge in [-0.2, -0.15) is 0 Å². The van der Waals surface area contributed by atoms with Crippen LogP contribution in [0.1, 0.15) is 11.7 Å². The Hall–Kier alpha value is -2.22. The molecule has 6 nitrogen and oxygen atoms in total. The summed E-state index contributed by atoms with van der Waals surface area (Å²) in [6, 6.07) is 10.7. The number of aromatic nitrogens is 2. The predicted molar refractivity (Wildman–Crippen MR) is 87.3 cm³/mol. The number of hydrogen-bond acceptors (Lipinski definition) is 4. The number of aliphatic hydroxyl groups is 1. The molecule has 0 fully saturated rings. The first-order valence-corrected chi connectivity index (χ1v) is 8.59. The topological polar surface area (TPSA) is 84.2 Å². The second-order valence-corrected chi connectivity index (χ2v) is 7.04. The summed E-state index contributed by atoms with van der Waals surface area (Å²) in [6.07, 6.45) is 3.65. The van der Waals surface area contributed by atoms with E-state index >= 15 is 0 Å². The van der Waals surface area contributed by atoms with Crippen molar-refractivity contribution in [2.24, 2.45) is 7.05 Å². The van der Waals surface area contributed by atoms with Crippen LogP contribution in [0, 0.1) is 0 Å². The highest BCUT2D eigenvalue weighted by atomic mass is 32.2. The van der Waals surface area contributed by atoms with E-state index in [0.717, 1.165) is 10.9 Å². The number of nitrogens with zero attached hydrogens (tertiary/aromatic N) is 2. The van der Waals surface area contributed by atoms with Crippen LogP contribution in [0.5, 0.6) is 0 Å². The normalized spacial score (nSPS) is 13.3. The summed E-state index contributed by atoms with van der Waals surface area (Å²) >= 11 is 0. The molecule has 2 aromatic heterocycles. The maximum Gasteiger partial charge on any atom is 0.242 e. The zero-order valence-electron chi connectivity index (χ0n) is 12.5. The SMILES string of the molecule is Cn1cc(C(O)CNS(=O)(=O)c2cccnc2)c2ccccc21. The Morgan fingerprint density at radius 3 is 2.78 bits per heavy atom. The number of fused-ring (bicyclic) bond motifs is 1. The van der Waals surface area contributed by atoms with Gasteiger partial charge in [-0.15, -0.1) is 0 Å². The molecule has 0 aliphatic carbocycles. The van der Waals surface area contributed by atoms with Gasteiger partial charge in [-0.1, -0.05) is 18.2 Å². The highest BCUT2D eigenvalue weighted by Crippen LogP contribution is 2.25. The second kappa shape index (κ2) is 6.11. The van der Waals surface area contributed by atoms with Crippen LogP contribution in [0.25, 0.3) is 10.9 Å². The molecule has 0 aliphatic rings. The summed E-state index contributed by atoms with van der Waals surface area (Å²) < 4.78 is 28.7. The number of para-hydroxylation sites is 1. The van der Waals surface area contributed by atoms with Gasteiger partial charge in [0.1, 0.15) is 4.90 Å². The first kappa shape index (κ1) is 15.7. The van der Waals surface area contributed by atoms with Crippen LogP contribution in [-0.4, -0.2) is 29.6 Å². The van der Waals surface area contributed by atoms with Crippen molar-refractivity contribution >= 4 is 20.9 Å². The number of aryl methyl sites for hydroxylation is 1. The number of nitrogens with one attached hydrogen (secondary N) is 1. The Bertz CT molecular complexity index is 920. The largest absolute Gasteiger partial charge is 0.387 e. The molecule has 1 aromatic carbocycles. The van der Waals surface area contributed by atoms with E-state index in [-0.39, 0.29) is 11.4 Å². The minimum Gasteiger partial charge on any atom is -0.387 e. The number of rotatable bonds is 5. The molecule has 120 valence electrons. The van der Waals surface area contributed by atoms with Crippen molar-refractivity contribution < 1.29 is 13.5 Å². The first-order valence-electron chi connectivity index (χ1n) is 7.11. The number of aliphatic hydroxyl groups excluding tert-OH is 1. The molecule has 0 bridgehead atoms. The van der Waals surface area contributed by atoms with Crippen LogP contribution in [0.15, 0.2) is 59.9 Å². The molecule has 3 rings (SSSR count). The summed E-state index contributed by atoms with van der Waals surface area (Å²) in [5, 5.41) is 11.3. The predicted octanol–water partition coefficient (Wildman–Crippen LogP) is 1.59. The second-order valence-electron chi connectivity index (χ2n) is 5.27. The fourth-order valence-electron chi connectivity index (χ4n) is 2.53. The fraction of sp³-hybridized carbons (Fsp3) is 0.188. The number of sulfonamides is 1. The van der Waals surface area contributed by atoms with Gasteiger partial charge in [0.2, 0.25) is 10.0 Å². The number of benzene rings is 1. The van der Waals surface area contributed by atoms with Crippen molar-refractivity contribution in [2.45, 2.75) is 11.0 Å². The summed E-state index contributed by atoms with van der Waals surface area (Å²) in [6.45, 7) is -0.106. The van der Waals surface area contributed by atoms with E-state index in [2.05, 4.69) is 9.71 Å². The molecule has 23 heavy (non-hydrogen) atoms. The lowest BCUT2D eigenvalue weighted by Crippen LogP contribution is -2.28. The maximum atomic E-state index is 12.2. The minimum absolute atomic E-state index is 0.0742. The summed E-state index contributed by atoms with van der Waals surface area (Å²) in [5.74, 6) is 0. The van der Waals surface area contributed by atoms with Gasteiger partial charge in [0, 0.05) is 48.6 Å². The van der Waals surface area contributed by atoms with Crippen LogP contribution in [-0.2, 0) is 17.1 Å². The molecule has 0 aliphatic heterocycles. The zero-order chi connectivity index (χ0) is 16.4. The van der Waals surface area contributed by atoms with E-state index in [0.29, 0.717) is 5.56 Å². The highest BCUT2D eigenvalue weighted by molar-refractivity contribution is 7.89. The van der Waals surface area contributed by atoms with Crippen LogP contribution < -0.4 is 4.72 Å². The smallest absolute Gasteiger partial charge is 0.242 e. The third kappa shape index (κ3) is 3.12. The van der Waals surface area contributed by atoms with Crippen molar-refractivity contribution in [3.8, 4) is 0 Å². The average Bonchev–Trinajstić information content (AvgIpc) is 2.91. The zero-order valence-corrected chi connectivity index (χ0v) is 13.4. The maximum absolute atomic E-state index is 12.2. The molecule has 7 heteroatoms. The van der Waals surface area contributed by atoms with Crippen molar-refractivity contribution in [1.82, 2.24) is 14.3 Å². The van der Waals surface area contributed by atoms with Crippen molar-refractivity contribution in [2.75, 3.05) is 6.54 Å². The van der Waals surface area contributed by atoms with E-state index in [9.17, 15) is 13.5 Å². The summed E-state index contributed by atoms with van der Waals surface area (Å²) in [5.41, 5.74) is 1.67. The molecule has 1 atom stereocenters. The highest BCUT2D eigenvalue weighted by Gasteiger charge is 2.19. The molecule has 1 unspecified atom stereocenters. The Morgan fingerprint density at radius 1 is 1.26 bits per heavy atom. The van der Waals surface area contributed by atoms with Crippen LogP contribution in [0.3, 0.4) is 0 Å². The molecule has 0 saturated heterocycles. The Morgan fingerprint density at radius 2 is 2.04 bits per heavy atom. The Balaban J connectivity index is 1.81. The van der Waals surface area contributed by atoms with Gasteiger partial charge < -0.3 is 9.67 Å². The van der Waals surface area contributed by atoms with Gasteiger partial charge in [-0.05, 0) is 18.2 Å². The third-order valence-corrected chi connectivity index (χ3v) is 5.11. The van der Waals surface area contributed by atoms with E-state index in [4.69, 9.17) is 0 Å². The van der Waals surface area contributed by atoms with Crippen LogP contribution in [0.2, 0.25) is 0 Å². The molecular weight excluding hydrogens is 314 g/mol. The lowest BCUT2D eigenvalue weighted by molar-refractivity contribution is 0.183. The molecule has 2 heterocycles. The summed E-state index contributed by atoms with van der Waals surface area (Å²) in [7, 11) is -1.80. The monoisotopic (exact) mass is 331 g/mol. The van der Waals surface area contributed by atoms with Gasteiger partial charge in [0.25, 0.3) is 0 Å². The van der Waals surface area contributed by atoms with Gasteiger partial charge in [0.15, 0.2) is 0 Å². The van der Waals surface area contributed by atoms with Crippen molar-refractivity contribution in [3.05, 3.63) is 60.6 Å². The van der Waals surface area contributed by atoms with E-state index in [1.165, 1.54) is 18.5 Å². The van der Waals surface area contributed by atoms with Crippen molar-refractivity contribution in [1.29, 1.82) is 0 Å². The van der Waals surface area contributed by atoms with Crippen LogP contribution in [0.4, 0.5) is 0 Å².